The van der Waals surface area contributed by atoms with Gasteiger partial charge in [-0.1, -0.05) is 34.8 Å². The van der Waals surface area contributed by atoms with Crippen molar-refractivity contribution < 1.29 is 0 Å². The number of nitrogens with one attached hydrogen (secondary N) is 1. The van der Waals surface area contributed by atoms with Crippen molar-refractivity contribution in [3.8, 4) is 0 Å². The fourth-order valence-corrected chi connectivity index (χ4v) is 2.28. The first-order valence-electron chi connectivity index (χ1n) is 5.39. The Bertz CT molecular complexity index is 551. The molecule has 0 atom stereocenters. The lowest BCUT2D eigenvalue weighted by Crippen LogP contribution is -2.16. The maximum atomic E-state index is 6.11. The Morgan fingerprint density at radius 3 is 2.56 bits per heavy atom. The van der Waals surface area contributed by atoms with E-state index in [0.29, 0.717) is 28.2 Å². The quantitative estimate of drug-likeness (QED) is 0.874. The van der Waals surface area contributed by atoms with Gasteiger partial charge in [0, 0.05) is 36.6 Å². The normalized spacial score (nSPS) is 10.9. The Labute approximate surface area is 121 Å². The standard InChI is InChI=1S/C12H12Cl3N3/c1-18-5-4-17-11(18)7-16-6-8-9(13)2-3-10(14)12(8)15/h2-5,16H,6-7H2,1H3. The molecule has 0 aliphatic heterocycles. The Morgan fingerprint density at radius 1 is 1.17 bits per heavy atom. The molecule has 0 bridgehead atoms. The number of hydrogen-bond donors (Lipinski definition) is 1. The van der Waals surface area contributed by atoms with Crippen molar-refractivity contribution in [2.45, 2.75) is 13.1 Å². The summed E-state index contributed by atoms with van der Waals surface area (Å²) in [5.74, 6) is 0.948. The molecule has 2 rings (SSSR count). The molecule has 6 heteroatoms. The molecule has 2 aromatic rings. The summed E-state index contributed by atoms with van der Waals surface area (Å²) in [6, 6.07) is 3.43. The number of hydrogen-bond acceptors (Lipinski definition) is 2. The minimum atomic E-state index is 0.497. The summed E-state index contributed by atoms with van der Waals surface area (Å²) in [6.07, 6.45) is 3.66. The van der Waals surface area contributed by atoms with Gasteiger partial charge in [-0.25, -0.2) is 4.98 Å². The molecule has 1 N–H and O–H groups in total. The van der Waals surface area contributed by atoms with Crippen molar-refractivity contribution in [2.75, 3.05) is 0 Å². The van der Waals surface area contributed by atoms with Gasteiger partial charge in [-0.15, -0.1) is 0 Å². The summed E-state index contributed by atoms with van der Waals surface area (Å²) in [7, 11) is 1.95. The van der Waals surface area contributed by atoms with Gasteiger partial charge in [0.25, 0.3) is 0 Å². The zero-order valence-electron chi connectivity index (χ0n) is 9.75. The Hall–Kier alpha value is -0.740. The summed E-state index contributed by atoms with van der Waals surface area (Å²) < 4.78 is 1.95. The van der Waals surface area contributed by atoms with Crippen LogP contribution in [-0.2, 0) is 20.1 Å². The topological polar surface area (TPSA) is 29.9 Å². The van der Waals surface area contributed by atoms with E-state index in [1.54, 1.807) is 18.3 Å². The number of rotatable bonds is 4. The smallest absolute Gasteiger partial charge is 0.122 e. The molecule has 0 aliphatic carbocycles. The molecular formula is C12H12Cl3N3. The number of halogens is 3. The first kappa shape index (κ1) is 13.7. The average Bonchev–Trinajstić information content (AvgIpc) is 2.74. The largest absolute Gasteiger partial charge is 0.337 e. The van der Waals surface area contributed by atoms with E-state index in [1.807, 2.05) is 17.8 Å². The van der Waals surface area contributed by atoms with E-state index >= 15 is 0 Å². The van der Waals surface area contributed by atoms with Gasteiger partial charge in [-0.3, -0.25) is 0 Å². The maximum Gasteiger partial charge on any atom is 0.122 e. The third kappa shape index (κ3) is 2.98. The third-order valence-corrected chi connectivity index (χ3v) is 3.84. The molecule has 0 fully saturated rings. The van der Waals surface area contributed by atoms with Gasteiger partial charge in [0.2, 0.25) is 0 Å². The second kappa shape index (κ2) is 5.93. The summed E-state index contributed by atoms with van der Waals surface area (Å²) in [6.45, 7) is 1.19. The summed E-state index contributed by atoms with van der Waals surface area (Å²) >= 11 is 18.2. The number of benzene rings is 1. The number of aromatic nitrogens is 2. The lowest BCUT2D eigenvalue weighted by molar-refractivity contribution is 0.639. The zero-order valence-corrected chi connectivity index (χ0v) is 12.0. The van der Waals surface area contributed by atoms with Crippen molar-refractivity contribution in [3.05, 3.63) is 51.0 Å². The van der Waals surface area contributed by atoms with Crippen LogP contribution in [0.25, 0.3) is 0 Å². The van der Waals surface area contributed by atoms with E-state index in [9.17, 15) is 0 Å². The molecule has 3 nitrogen and oxygen atoms in total. The van der Waals surface area contributed by atoms with E-state index in [4.69, 9.17) is 34.8 Å². The molecule has 1 heterocycles. The zero-order chi connectivity index (χ0) is 13.1. The molecule has 0 unspecified atom stereocenters. The van der Waals surface area contributed by atoms with Crippen LogP contribution < -0.4 is 5.32 Å². The SMILES string of the molecule is Cn1ccnc1CNCc1c(Cl)ccc(Cl)c1Cl. The molecule has 0 spiro atoms. The van der Waals surface area contributed by atoms with Crippen molar-refractivity contribution >= 4 is 34.8 Å². The van der Waals surface area contributed by atoms with E-state index < -0.39 is 0 Å². The molecule has 96 valence electrons. The predicted molar refractivity (Wildman–Crippen MR) is 75.2 cm³/mol. The van der Waals surface area contributed by atoms with Crippen molar-refractivity contribution in [1.82, 2.24) is 14.9 Å². The fraction of sp³-hybridized carbons (Fsp3) is 0.250. The van der Waals surface area contributed by atoms with Crippen LogP contribution in [0.1, 0.15) is 11.4 Å². The molecule has 1 aromatic heterocycles. The Balaban J connectivity index is 2.03. The number of aryl methyl sites for hydroxylation is 1. The highest BCUT2D eigenvalue weighted by Gasteiger charge is 2.09. The number of imidazole rings is 1. The van der Waals surface area contributed by atoms with Crippen LogP contribution in [-0.4, -0.2) is 9.55 Å². The summed E-state index contributed by atoms with van der Waals surface area (Å²) in [5.41, 5.74) is 0.806. The van der Waals surface area contributed by atoms with Crippen LogP contribution in [0.5, 0.6) is 0 Å². The second-order valence-electron chi connectivity index (χ2n) is 3.88. The molecule has 0 radical (unpaired) electrons. The predicted octanol–water partition coefficient (Wildman–Crippen LogP) is 3.67. The lowest BCUT2D eigenvalue weighted by Gasteiger charge is -2.09. The van der Waals surface area contributed by atoms with E-state index in [0.717, 1.165) is 11.4 Å². The van der Waals surface area contributed by atoms with Gasteiger partial charge in [0.15, 0.2) is 0 Å². The minimum Gasteiger partial charge on any atom is -0.337 e. The van der Waals surface area contributed by atoms with Crippen LogP contribution >= 0.6 is 34.8 Å². The summed E-state index contributed by atoms with van der Waals surface area (Å²) in [5, 5.41) is 4.86. The highest BCUT2D eigenvalue weighted by Crippen LogP contribution is 2.31. The van der Waals surface area contributed by atoms with Gasteiger partial charge in [-0.2, -0.15) is 0 Å². The lowest BCUT2D eigenvalue weighted by atomic mass is 10.2. The fourth-order valence-electron chi connectivity index (χ4n) is 1.60. The minimum absolute atomic E-state index is 0.497. The van der Waals surface area contributed by atoms with Crippen LogP contribution in [0.3, 0.4) is 0 Å². The average molecular weight is 305 g/mol. The van der Waals surface area contributed by atoms with Crippen LogP contribution in [0.15, 0.2) is 24.5 Å². The first-order valence-corrected chi connectivity index (χ1v) is 6.52. The monoisotopic (exact) mass is 303 g/mol. The Morgan fingerprint density at radius 2 is 1.89 bits per heavy atom. The van der Waals surface area contributed by atoms with Crippen molar-refractivity contribution in [1.29, 1.82) is 0 Å². The maximum absolute atomic E-state index is 6.11. The molecule has 18 heavy (non-hydrogen) atoms. The van der Waals surface area contributed by atoms with Crippen molar-refractivity contribution in [2.24, 2.45) is 7.05 Å². The molecule has 0 saturated carbocycles. The van der Waals surface area contributed by atoms with Gasteiger partial charge in [0.05, 0.1) is 16.6 Å². The highest BCUT2D eigenvalue weighted by atomic mass is 35.5. The molecular weight excluding hydrogens is 293 g/mol. The first-order chi connectivity index (χ1) is 8.59. The molecule has 0 amide bonds. The van der Waals surface area contributed by atoms with Gasteiger partial charge < -0.3 is 9.88 Å². The second-order valence-corrected chi connectivity index (χ2v) is 5.07. The highest BCUT2D eigenvalue weighted by molar-refractivity contribution is 6.44. The van der Waals surface area contributed by atoms with Gasteiger partial charge in [-0.05, 0) is 12.1 Å². The van der Waals surface area contributed by atoms with Crippen LogP contribution in [0.4, 0.5) is 0 Å². The summed E-state index contributed by atoms with van der Waals surface area (Å²) in [4.78, 5) is 4.22. The Kier molecular flexibility index (Phi) is 4.51. The third-order valence-electron chi connectivity index (χ3n) is 2.64. The van der Waals surface area contributed by atoms with E-state index in [1.165, 1.54) is 0 Å². The van der Waals surface area contributed by atoms with Crippen molar-refractivity contribution in [3.63, 3.8) is 0 Å². The number of nitrogens with zero attached hydrogens (tertiary/aromatic N) is 2. The molecule has 0 aliphatic rings. The van der Waals surface area contributed by atoms with Crippen LogP contribution in [0, 0.1) is 0 Å². The van der Waals surface area contributed by atoms with Gasteiger partial charge in [0.1, 0.15) is 5.82 Å². The van der Waals surface area contributed by atoms with Crippen LogP contribution in [0.2, 0.25) is 15.1 Å². The van der Waals surface area contributed by atoms with Gasteiger partial charge >= 0.3 is 0 Å². The van der Waals surface area contributed by atoms with E-state index in [2.05, 4.69) is 10.3 Å². The molecule has 1 aromatic carbocycles. The molecule has 0 saturated heterocycles. The van der Waals surface area contributed by atoms with E-state index in [-0.39, 0.29) is 0 Å².